The molecule has 2 N–H and O–H groups in total. The monoisotopic (exact) mass is 446 g/mol. The number of hydrogen-bond acceptors (Lipinski definition) is 4. The highest BCUT2D eigenvalue weighted by Crippen LogP contribution is 2.36. The van der Waals surface area contributed by atoms with E-state index in [9.17, 15) is 9.59 Å². The average Bonchev–Trinajstić information content (AvgIpc) is 2.69. The molecule has 0 heterocycles. The molecule has 2 aromatic rings. The minimum Gasteiger partial charge on any atom is -0.484 e. The SMILES string of the molecule is CC(C)(C)CC(C)(C)c1ccc(OCC(=O)NNC(=O)COc2ccc(Cl)cc2)cc1. The fraction of sp³-hybridized carbons (Fsp3) is 0.417. The number of rotatable bonds is 8. The summed E-state index contributed by atoms with van der Waals surface area (Å²) in [6.07, 6.45) is 1.05. The average molecular weight is 447 g/mol. The number of carbonyl (C=O) groups is 2. The maximum Gasteiger partial charge on any atom is 0.276 e. The number of amides is 2. The third-order valence-corrected chi connectivity index (χ3v) is 4.75. The summed E-state index contributed by atoms with van der Waals surface area (Å²) in [4.78, 5) is 23.7. The second kappa shape index (κ2) is 10.5. The van der Waals surface area contributed by atoms with E-state index in [4.69, 9.17) is 21.1 Å². The summed E-state index contributed by atoms with van der Waals surface area (Å²) in [6.45, 7) is 10.7. The molecule has 0 aliphatic rings. The zero-order chi connectivity index (χ0) is 23.1. The standard InChI is InChI=1S/C24H31ClN2O4/c1-23(2,3)16-24(4,5)17-6-10-19(11-7-17)30-14-21(28)26-27-22(29)15-31-20-12-8-18(25)9-13-20/h6-13H,14-16H2,1-5H3,(H,26,28)(H,27,29). The third-order valence-electron chi connectivity index (χ3n) is 4.50. The second-order valence-corrected chi connectivity index (χ2v) is 9.71. The van der Waals surface area contributed by atoms with Crippen molar-refractivity contribution in [2.45, 2.75) is 46.5 Å². The summed E-state index contributed by atoms with van der Waals surface area (Å²) >= 11 is 5.79. The molecule has 0 aliphatic carbocycles. The first-order chi connectivity index (χ1) is 14.4. The van der Waals surface area contributed by atoms with Crippen LogP contribution < -0.4 is 20.3 Å². The molecule has 2 amide bonds. The molecule has 31 heavy (non-hydrogen) atoms. The highest BCUT2D eigenvalue weighted by atomic mass is 35.5. The van der Waals surface area contributed by atoms with Crippen LogP contribution in [0.4, 0.5) is 0 Å². The lowest BCUT2D eigenvalue weighted by molar-refractivity contribution is -0.131. The van der Waals surface area contributed by atoms with Crippen LogP contribution in [0.15, 0.2) is 48.5 Å². The van der Waals surface area contributed by atoms with Crippen LogP contribution >= 0.6 is 11.6 Å². The first-order valence-electron chi connectivity index (χ1n) is 10.1. The predicted octanol–water partition coefficient (Wildman–Crippen LogP) is 4.66. The number of ether oxygens (including phenoxy) is 2. The van der Waals surface area contributed by atoms with Gasteiger partial charge >= 0.3 is 0 Å². The van der Waals surface area contributed by atoms with E-state index >= 15 is 0 Å². The van der Waals surface area contributed by atoms with E-state index in [-0.39, 0.29) is 24.0 Å². The lowest BCUT2D eigenvalue weighted by Crippen LogP contribution is -2.45. The molecule has 0 atom stereocenters. The van der Waals surface area contributed by atoms with Gasteiger partial charge < -0.3 is 9.47 Å². The molecule has 168 valence electrons. The maximum atomic E-state index is 11.9. The Morgan fingerprint density at radius 2 is 1.19 bits per heavy atom. The van der Waals surface area contributed by atoms with Crippen LogP contribution in [0, 0.1) is 5.41 Å². The highest BCUT2D eigenvalue weighted by molar-refractivity contribution is 6.30. The van der Waals surface area contributed by atoms with Gasteiger partial charge in [-0.25, -0.2) is 0 Å². The van der Waals surface area contributed by atoms with Gasteiger partial charge in [0.1, 0.15) is 11.5 Å². The van der Waals surface area contributed by atoms with Crippen molar-refractivity contribution in [3.63, 3.8) is 0 Å². The summed E-state index contributed by atoms with van der Waals surface area (Å²) in [7, 11) is 0. The zero-order valence-corrected chi connectivity index (χ0v) is 19.5. The van der Waals surface area contributed by atoms with Crippen molar-refractivity contribution in [2.24, 2.45) is 5.41 Å². The van der Waals surface area contributed by atoms with Gasteiger partial charge in [0.15, 0.2) is 13.2 Å². The molecule has 0 bridgehead atoms. The molecule has 0 unspecified atom stereocenters. The number of benzene rings is 2. The number of carbonyl (C=O) groups excluding carboxylic acids is 2. The van der Waals surface area contributed by atoms with Crippen LogP contribution in [0.2, 0.25) is 5.02 Å². The molecule has 0 aliphatic heterocycles. The Labute approximate surface area is 189 Å². The molecule has 0 saturated carbocycles. The van der Waals surface area contributed by atoms with Crippen LogP contribution in [0.3, 0.4) is 0 Å². The van der Waals surface area contributed by atoms with Crippen molar-refractivity contribution in [1.82, 2.24) is 10.9 Å². The van der Waals surface area contributed by atoms with Crippen LogP contribution in [0.25, 0.3) is 0 Å². The smallest absolute Gasteiger partial charge is 0.276 e. The van der Waals surface area contributed by atoms with E-state index < -0.39 is 11.8 Å². The highest BCUT2D eigenvalue weighted by Gasteiger charge is 2.27. The molecule has 0 saturated heterocycles. The third kappa shape index (κ3) is 8.89. The zero-order valence-electron chi connectivity index (χ0n) is 18.8. The van der Waals surface area contributed by atoms with Crippen molar-refractivity contribution in [2.75, 3.05) is 13.2 Å². The predicted molar refractivity (Wildman–Crippen MR) is 122 cm³/mol. The van der Waals surface area contributed by atoms with Crippen molar-refractivity contribution >= 4 is 23.4 Å². The van der Waals surface area contributed by atoms with Crippen molar-refractivity contribution in [1.29, 1.82) is 0 Å². The summed E-state index contributed by atoms with van der Waals surface area (Å²) in [5.41, 5.74) is 6.05. The molecule has 0 fully saturated rings. The van der Waals surface area contributed by atoms with Crippen LogP contribution in [-0.2, 0) is 15.0 Å². The van der Waals surface area contributed by atoms with Crippen LogP contribution in [-0.4, -0.2) is 25.0 Å². The molecule has 2 rings (SSSR count). The summed E-state index contributed by atoms with van der Waals surface area (Å²) in [6, 6.07) is 14.4. The summed E-state index contributed by atoms with van der Waals surface area (Å²) < 4.78 is 10.8. The van der Waals surface area contributed by atoms with Crippen LogP contribution in [0.1, 0.15) is 46.6 Å². The molecule has 2 aromatic carbocycles. The van der Waals surface area contributed by atoms with Gasteiger partial charge in [0.2, 0.25) is 0 Å². The molecular formula is C24H31ClN2O4. The second-order valence-electron chi connectivity index (χ2n) is 9.27. The largest absolute Gasteiger partial charge is 0.484 e. The minimum atomic E-state index is -0.492. The summed E-state index contributed by atoms with van der Waals surface area (Å²) in [5.74, 6) is 0.122. The van der Waals surface area contributed by atoms with Crippen molar-refractivity contribution < 1.29 is 19.1 Å². The number of hydrazine groups is 1. The Kier molecular flexibility index (Phi) is 8.34. The van der Waals surface area contributed by atoms with E-state index in [2.05, 4.69) is 45.5 Å². The molecule has 7 heteroatoms. The van der Waals surface area contributed by atoms with Gasteiger partial charge in [-0.3, -0.25) is 20.4 Å². The Balaban J connectivity index is 1.73. The van der Waals surface area contributed by atoms with E-state index in [0.717, 1.165) is 6.42 Å². The van der Waals surface area contributed by atoms with E-state index in [1.807, 2.05) is 24.3 Å². The summed E-state index contributed by atoms with van der Waals surface area (Å²) in [5, 5.41) is 0.576. The lowest BCUT2D eigenvalue weighted by Gasteiger charge is -2.33. The van der Waals surface area contributed by atoms with E-state index in [1.54, 1.807) is 24.3 Å². The van der Waals surface area contributed by atoms with Gasteiger partial charge in [0, 0.05) is 5.02 Å². The quantitative estimate of drug-likeness (QED) is 0.578. The lowest BCUT2D eigenvalue weighted by atomic mass is 9.72. The Morgan fingerprint density at radius 1 is 0.774 bits per heavy atom. The van der Waals surface area contributed by atoms with Gasteiger partial charge in [0.05, 0.1) is 0 Å². The minimum absolute atomic E-state index is 0.0342. The fourth-order valence-electron chi connectivity index (χ4n) is 3.47. The molecule has 0 spiro atoms. The van der Waals surface area contributed by atoms with E-state index in [1.165, 1.54) is 5.56 Å². The number of nitrogens with one attached hydrogen (secondary N) is 2. The van der Waals surface area contributed by atoms with Crippen LogP contribution in [0.5, 0.6) is 11.5 Å². The van der Waals surface area contributed by atoms with Gasteiger partial charge in [-0.1, -0.05) is 58.4 Å². The first kappa shape index (κ1) is 24.5. The Bertz CT molecular complexity index is 872. The van der Waals surface area contributed by atoms with Gasteiger partial charge in [-0.15, -0.1) is 0 Å². The normalized spacial score (nSPS) is 11.5. The molecule has 0 radical (unpaired) electrons. The van der Waals surface area contributed by atoms with Gasteiger partial charge in [-0.2, -0.15) is 0 Å². The number of hydrogen-bond donors (Lipinski definition) is 2. The Morgan fingerprint density at radius 3 is 1.61 bits per heavy atom. The first-order valence-corrected chi connectivity index (χ1v) is 10.5. The topological polar surface area (TPSA) is 76.7 Å². The van der Waals surface area contributed by atoms with Gasteiger partial charge in [-0.05, 0) is 59.2 Å². The maximum absolute atomic E-state index is 11.9. The van der Waals surface area contributed by atoms with Crippen molar-refractivity contribution in [3.8, 4) is 11.5 Å². The Hall–Kier alpha value is -2.73. The molecule has 6 nitrogen and oxygen atoms in total. The number of halogens is 1. The van der Waals surface area contributed by atoms with Gasteiger partial charge in [0.25, 0.3) is 11.8 Å². The van der Waals surface area contributed by atoms with E-state index in [0.29, 0.717) is 16.5 Å². The molecular weight excluding hydrogens is 416 g/mol. The fourth-order valence-corrected chi connectivity index (χ4v) is 3.60. The molecule has 0 aromatic heterocycles. The van der Waals surface area contributed by atoms with Crippen molar-refractivity contribution in [3.05, 3.63) is 59.1 Å².